The van der Waals surface area contributed by atoms with E-state index in [2.05, 4.69) is 35.6 Å². The summed E-state index contributed by atoms with van der Waals surface area (Å²) in [6.07, 6.45) is 7.24. The van der Waals surface area contributed by atoms with Crippen LogP contribution in [0.15, 0.2) is 49.2 Å². The van der Waals surface area contributed by atoms with Crippen molar-refractivity contribution in [1.29, 1.82) is 0 Å². The molecule has 1 amide bonds. The molecule has 0 spiro atoms. The fraction of sp³-hybridized carbons (Fsp3) is 0.375. The molecule has 30 heavy (non-hydrogen) atoms. The number of para-hydroxylation sites is 1. The van der Waals surface area contributed by atoms with Crippen molar-refractivity contribution in [2.24, 2.45) is 5.92 Å². The molecule has 156 valence electrons. The number of aromatic nitrogens is 3. The molecular formula is C24H28N4O2. The Morgan fingerprint density at radius 2 is 2.10 bits per heavy atom. The van der Waals surface area contributed by atoms with E-state index >= 15 is 0 Å². The van der Waals surface area contributed by atoms with E-state index in [1.165, 1.54) is 30.9 Å². The summed E-state index contributed by atoms with van der Waals surface area (Å²) in [5.41, 5.74) is 3.38. The normalized spacial score (nSPS) is 19.8. The molecule has 1 saturated heterocycles. The number of fused-ring (bicyclic) bond motifs is 2. The molecule has 0 radical (unpaired) electrons. The average Bonchev–Trinajstić information content (AvgIpc) is 3.32. The molecule has 2 unspecified atom stereocenters. The minimum Gasteiger partial charge on any atom is -0.507 e. The Morgan fingerprint density at radius 1 is 1.30 bits per heavy atom. The number of nitrogens with zero attached hydrogens (tertiary/aromatic N) is 3. The maximum Gasteiger partial charge on any atom is 0.246 e. The Morgan fingerprint density at radius 3 is 2.80 bits per heavy atom. The SMILES string of the molecule is C=CC(=O)N1CC2CCCC21.CC(C)c1c[nH]c2nnc(-c3ccccc3O)cc12. The van der Waals surface area contributed by atoms with Gasteiger partial charge in [0.2, 0.25) is 5.91 Å². The number of likely N-dealkylation sites (tertiary alicyclic amines) is 1. The number of hydrogen-bond acceptors (Lipinski definition) is 4. The van der Waals surface area contributed by atoms with Gasteiger partial charge in [-0.05, 0) is 54.5 Å². The van der Waals surface area contributed by atoms with E-state index in [0.717, 1.165) is 23.5 Å². The van der Waals surface area contributed by atoms with Gasteiger partial charge in [-0.3, -0.25) is 4.79 Å². The minimum absolute atomic E-state index is 0.119. The largest absolute Gasteiger partial charge is 0.507 e. The van der Waals surface area contributed by atoms with Gasteiger partial charge in [-0.2, -0.15) is 0 Å². The number of amides is 1. The molecule has 6 heteroatoms. The molecule has 0 bridgehead atoms. The molecule has 5 rings (SSSR count). The third kappa shape index (κ3) is 3.70. The van der Waals surface area contributed by atoms with Crippen molar-refractivity contribution >= 4 is 16.9 Å². The summed E-state index contributed by atoms with van der Waals surface area (Å²) in [4.78, 5) is 16.2. The summed E-state index contributed by atoms with van der Waals surface area (Å²) >= 11 is 0. The first-order valence-electron chi connectivity index (χ1n) is 10.6. The zero-order valence-electron chi connectivity index (χ0n) is 17.5. The molecule has 2 fully saturated rings. The van der Waals surface area contributed by atoms with Crippen molar-refractivity contribution < 1.29 is 9.90 Å². The number of H-pyrrole nitrogens is 1. The summed E-state index contributed by atoms with van der Waals surface area (Å²) in [7, 11) is 0. The number of phenols is 1. The minimum atomic E-state index is 0.119. The molecule has 3 aromatic rings. The Bertz CT molecular complexity index is 1070. The maximum absolute atomic E-state index is 11.1. The molecule has 1 aliphatic heterocycles. The first kappa shape index (κ1) is 20.1. The average molecular weight is 405 g/mol. The van der Waals surface area contributed by atoms with E-state index in [1.807, 2.05) is 29.3 Å². The molecular weight excluding hydrogens is 376 g/mol. The number of aromatic hydroxyl groups is 1. The van der Waals surface area contributed by atoms with Crippen LogP contribution in [0, 0.1) is 5.92 Å². The Hall–Kier alpha value is -3.15. The quantitative estimate of drug-likeness (QED) is 0.623. The highest BCUT2D eigenvalue weighted by Gasteiger charge is 2.43. The summed E-state index contributed by atoms with van der Waals surface area (Å²) in [5, 5.41) is 19.3. The van der Waals surface area contributed by atoms with Gasteiger partial charge in [0, 0.05) is 29.7 Å². The fourth-order valence-corrected chi connectivity index (χ4v) is 4.50. The van der Waals surface area contributed by atoms with Gasteiger partial charge < -0.3 is 15.0 Å². The van der Waals surface area contributed by atoms with Gasteiger partial charge >= 0.3 is 0 Å². The third-order valence-corrected chi connectivity index (χ3v) is 6.18. The van der Waals surface area contributed by atoms with E-state index in [-0.39, 0.29) is 11.7 Å². The van der Waals surface area contributed by atoms with Crippen LogP contribution in [-0.2, 0) is 4.79 Å². The smallest absolute Gasteiger partial charge is 0.246 e. The summed E-state index contributed by atoms with van der Waals surface area (Å²) in [6, 6.07) is 9.71. The van der Waals surface area contributed by atoms with E-state index < -0.39 is 0 Å². The van der Waals surface area contributed by atoms with E-state index in [1.54, 1.807) is 12.1 Å². The first-order chi connectivity index (χ1) is 14.5. The molecule has 1 aliphatic carbocycles. The number of carbonyl (C=O) groups is 1. The molecule has 2 aromatic heterocycles. The summed E-state index contributed by atoms with van der Waals surface area (Å²) < 4.78 is 0. The molecule has 1 aromatic carbocycles. The lowest BCUT2D eigenvalue weighted by molar-refractivity contribution is -0.136. The second-order valence-electron chi connectivity index (χ2n) is 8.36. The van der Waals surface area contributed by atoms with Crippen LogP contribution in [0.1, 0.15) is 44.6 Å². The number of rotatable bonds is 3. The number of nitrogens with one attached hydrogen (secondary N) is 1. The lowest BCUT2D eigenvalue weighted by atomic mass is 9.92. The Balaban J connectivity index is 0.000000168. The van der Waals surface area contributed by atoms with Crippen molar-refractivity contribution in [3.05, 3.63) is 54.7 Å². The highest BCUT2D eigenvalue weighted by molar-refractivity contribution is 5.88. The lowest BCUT2D eigenvalue weighted by Crippen LogP contribution is -2.55. The van der Waals surface area contributed by atoms with Crippen molar-refractivity contribution in [2.75, 3.05) is 6.54 Å². The van der Waals surface area contributed by atoms with E-state index in [9.17, 15) is 9.90 Å². The van der Waals surface area contributed by atoms with Gasteiger partial charge in [-0.25, -0.2) is 0 Å². The van der Waals surface area contributed by atoms with Gasteiger partial charge in [-0.1, -0.05) is 39.0 Å². The highest BCUT2D eigenvalue weighted by Crippen LogP contribution is 2.38. The molecule has 6 nitrogen and oxygen atoms in total. The predicted octanol–water partition coefficient (Wildman–Crippen LogP) is 4.64. The standard InChI is InChI=1S/C15H15N3O.C9H13NO/c1-9(2)12-8-16-15-11(12)7-13(17-18-15)10-5-3-4-6-14(10)19;1-2-9(11)10-6-7-4-3-5-8(7)10/h3-9,19H,1-2H3,(H,16,18);2,7-8H,1,3-6H2. The number of phenolic OH excluding ortho intramolecular Hbond substituents is 1. The number of carbonyl (C=O) groups excluding carboxylic acids is 1. The van der Waals surface area contributed by atoms with Gasteiger partial charge in [0.25, 0.3) is 0 Å². The van der Waals surface area contributed by atoms with Crippen LogP contribution in [0.2, 0.25) is 0 Å². The first-order valence-corrected chi connectivity index (χ1v) is 10.6. The van der Waals surface area contributed by atoms with Crippen LogP contribution < -0.4 is 0 Å². The van der Waals surface area contributed by atoms with E-state index in [0.29, 0.717) is 23.2 Å². The van der Waals surface area contributed by atoms with Crippen LogP contribution in [0.5, 0.6) is 5.75 Å². The van der Waals surface area contributed by atoms with Crippen molar-refractivity contribution in [2.45, 2.75) is 45.1 Å². The van der Waals surface area contributed by atoms with E-state index in [4.69, 9.17) is 0 Å². The monoisotopic (exact) mass is 404 g/mol. The van der Waals surface area contributed by atoms with Crippen LogP contribution in [-0.4, -0.2) is 43.7 Å². The zero-order valence-corrected chi connectivity index (χ0v) is 17.5. The molecule has 3 heterocycles. The molecule has 2 aliphatic rings. The van der Waals surface area contributed by atoms with Gasteiger partial charge in [0.1, 0.15) is 5.75 Å². The topological polar surface area (TPSA) is 82.1 Å². The second-order valence-corrected chi connectivity index (χ2v) is 8.36. The summed E-state index contributed by atoms with van der Waals surface area (Å²) in [5.74, 6) is 1.57. The third-order valence-electron chi connectivity index (χ3n) is 6.18. The lowest BCUT2D eigenvalue weighted by Gasteiger charge is -2.44. The predicted molar refractivity (Wildman–Crippen MR) is 118 cm³/mol. The van der Waals surface area contributed by atoms with Crippen LogP contribution >= 0.6 is 0 Å². The van der Waals surface area contributed by atoms with Crippen LogP contribution in [0.3, 0.4) is 0 Å². The molecule has 1 saturated carbocycles. The molecule has 2 N–H and O–H groups in total. The Labute approximate surface area is 176 Å². The molecule has 2 atom stereocenters. The maximum atomic E-state index is 11.1. The number of benzene rings is 1. The highest BCUT2D eigenvalue weighted by atomic mass is 16.3. The second kappa shape index (κ2) is 8.30. The van der Waals surface area contributed by atoms with Gasteiger partial charge in [0.15, 0.2) is 5.65 Å². The van der Waals surface area contributed by atoms with Crippen LogP contribution in [0.4, 0.5) is 0 Å². The zero-order chi connectivity index (χ0) is 21.3. The fourth-order valence-electron chi connectivity index (χ4n) is 4.50. The number of aromatic amines is 1. The van der Waals surface area contributed by atoms with Crippen molar-refractivity contribution in [1.82, 2.24) is 20.1 Å². The van der Waals surface area contributed by atoms with Crippen molar-refractivity contribution in [3.8, 4) is 17.0 Å². The Kier molecular flexibility index (Phi) is 5.57. The number of hydrogen-bond donors (Lipinski definition) is 2. The van der Waals surface area contributed by atoms with Gasteiger partial charge in [-0.15, -0.1) is 10.2 Å². The summed E-state index contributed by atoms with van der Waals surface area (Å²) in [6.45, 7) is 8.75. The van der Waals surface area contributed by atoms with Gasteiger partial charge in [0.05, 0.1) is 5.69 Å². The van der Waals surface area contributed by atoms with Crippen LogP contribution in [0.25, 0.3) is 22.3 Å². The van der Waals surface area contributed by atoms with Crippen molar-refractivity contribution in [3.63, 3.8) is 0 Å².